The van der Waals surface area contributed by atoms with Crippen LogP contribution in [0.15, 0.2) is 18.2 Å². The van der Waals surface area contributed by atoms with Gasteiger partial charge in [-0.2, -0.15) is 0 Å². The molecule has 0 amide bonds. The standard InChI is InChI=1S/C16H23NO2/c1-11(2)13-6-5-12(3)14(9-13)17-10-16(7-8-16)15(18)19-4/h5-6,9,11,17H,7-8,10H2,1-4H3. The first-order valence-electron chi connectivity index (χ1n) is 6.91. The fraction of sp³-hybridized carbons (Fsp3) is 0.562. The summed E-state index contributed by atoms with van der Waals surface area (Å²) in [6, 6.07) is 6.49. The predicted molar refractivity (Wildman–Crippen MR) is 77.4 cm³/mol. The van der Waals surface area contributed by atoms with Crippen molar-refractivity contribution < 1.29 is 9.53 Å². The van der Waals surface area contributed by atoms with Crippen molar-refractivity contribution in [1.82, 2.24) is 0 Å². The fourth-order valence-electron chi connectivity index (χ4n) is 2.27. The molecule has 104 valence electrons. The molecule has 0 aromatic heterocycles. The highest BCUT2D eigenvalue weighted by Gasteiger charge is 2.50. The largest absolute Gasteiger partial charge is 0.469 e. The molecule has 0 atom stereocenters. The highest BCUT2D eigenvalue weighted by Crippen LogP contribution is 2.46. The minimum atomic E-state index is -0.283. The predicted octanol–water partition coefficient (Wildman–Crippen LogP) is 3.48. The van der Waals surface area contributed by atoms with Gasteiger partial charge in [-0.15, -0.1) is 0 Å². The summed E-state index contributed by atoms with van der Waals surface area (Å²) in [5.74, 6) is 0.425. The van der Waals surface area contributed by atoms with Crippen molar-refractivity contribution >= 4 is 11.7 Å². The maximum Gasteiger partial charge on any atom is 0.313 e. The molecule has 0 unspecified atom stereocenters. The van der Waals surface area contributed by atoms with Crippen molar-refractivity contribution in [1.29, 1.82) is 0 Å². The molecule has 1 N–H and O–H groups in total. The molecule has 2 rings (SSSR count). The Hall–Kier alpha value is -1.51. The molecular formula is C16H23NO2. The second kappa shape index (κ2) is 5.24. The number of esters is 1. The van der Waals surface area contributed by atoms with Crippen LogP contribution >= 0.6 is 0 Å². The average Bonchev–Trinajstić information content (AvgIpc) is 3.17. The number of hydrogen-bond donors (Lipinski definition) is 1. The van der Waals surface area contributed by atoms with Gasteiger partial charge in [0.05, 0.1) is 12.5 Å². The quantitative estimate of drug-likeness (QED) is 0.825. The van der Waals surface area contributed by atoms with Crippen LogP contribution in [0.3, 0.4) is 0 Å². The van der Waals surface area contributed by atoms with Crippen LogP contribution in [0.4, 0.5) is 5.69 Å². The number of rotatable bonds is 5. The van der Waals surface area contributed by atoms with E-state index in [1.165, 1.54) is 18.2 Å². The van der Waals surface area contributed by atoms with Crippen LogP contribution in [0.25, 0.3) is 0 Å². The summed E-state index contributed by atoms with van der Waals surface area (Å²) >= 11 is 0. The summed E-state index contributed by atoms with van der Waals surface area (Å²) in [6.07, 6.45) is 1.85. The van der Waals surface area contributed by atoms with E-state index in [0.29, 0.717) is 12.5 Å². The van der Waals surface area contributed by atoms with Gasteiger partial charge in [-0.1, -0.05) is 26.0 Å². The number of ether oxygens (including phenoxy) is 1. The van der Waals surface area contributed by atoms with Gasteiger partial charge in [0, 0.05) is 12.2 Å². The smallest absolute Gasteiger partial charge is 0.313 e. The van der Waals surface area contributed by atoms with Crippen LogP contribution < -0.4 is 5.32 Å². The number of benzene rings is 1. The van der Waals surface area contributed by atoms with Crippen molar-refractivity contribution in [2.24, 2.45) is 5.41 Å². The van der Waals surface area contributed by atoms with Gasteiger partial charge < -0.3 is 10.1 Å². The molecule has 0 spiro atoms. The SMILES string of the molecule is COC(=O)C1(CNc2cc(C(C)C)ccc2C)CC1. The lowest BCUT2D eigenvalue weighted by Gasteiger charge is -2.17. The van der Waals surface area contributed by atoms with E-state index in [9.17, 15) is 4.79 Å². The van der Waals surface area contributed by atoms with Crippen molar-refractivity contribution in [2.45, 2.75) is 39.5 Å². The Morgan fingerprint density at radius 2 is 2.11 bits per heavy atom. The monoisotopic (exact) mass is 261 g/mol. The van der Waals surface area contributed by atoms with Crippen LogP contribution in [0.1, 0.15) is 43.7 Å². The van der Waals surface area contributed by atoms with Gasteiger partial charge >= 0.3 is 5.97 Å². The van der Waals surface area contributed by atoms with Crippen LogP contribution in [0.5, 0.6) is 0 Å². The molecule has 0 saturated heterocycles. The van der Waals surface area contributed by atoms with Gasteiger partial charge in [-0.05, 0) is 42.9 Å². The van der Waals surface area contributed by atoms with Gasteiger partial charge in [0.1, 0.15) is 0 Å². The molecule has 3 nitrogen and oxygen atoms in total. The fourth-order valence-corrected chi connectivity index (χ4v) is 2.27. The van der Waals surface area contributed by atoms with Gasteiger partial charge in [0.25, 0.3) is 0 Å². The number of hydrogen-bond acceptors (Lipinski definition) is 3. The van der Waals surface area contributed by atoms with E-state index >= 15 is 0 Å². The number of carbonyl (C=O) groups excluding carboxylic acids is 1. The number of anilines is 1. The Labute approximate surface area is 115 Å². The summed E-state index contributed by atoms with van der Waals surface area (Å²) in [5.41, 5.74) is 3.37. The van der Waals surface area contributed by atoms with Gasteiger partial charge in [-0.25, -0.2) is 0 Å². The van der Waals surface area contributed by atoms with E-state index in [-0.39, 0.29) is 11.4 Å². The van der Waals surface area contributed by atoms with Gasteiger partial charge in [-0.3, -0.25) is 4.79 Å². The molecule has 0 aliphatic heterocycles. The van der Waals surface area contributed by atoms with Crippen molar-refractivity contribution in [3.8, 4) is 0 Å². The highest BCUT2D eigenvalue weighted by atomic mass is 16.5. The topological polar surface area (TPSA) is 38.3 Å². The molecule has 0 heterocycles. The minimum Gasteiger partial charge on any atom is -0.469 e. The van der Waals surface area contributed by atoms with E-state index < -0.39 is 0 Å². The normalized spacial score (nSPS) is 16.3. The Kier molecular flexibility index (Phi) is 3.83. The third-order valence-electron chi connectivity index (χ3n) is 4.02. The van der Waals surface area contributed by atoms with E-state index in [1.54, 1.807) is 0 Å². The molecular weight excluding hydrogens is 238 g/mol. The van der Waals surface area contributed by atoms with Crippen LogP contribution in [0, 0.1) is 12.3 Å². The molecule has 1 aliphatic rings. The van der Waals surface area contributed by atoms with Crippen molar-refractivity contribution in [3.63, 3.8) is 0 Å². The summed E-state index contributed by atoms with van der Waals surface area (Å²) in [5, 5.41) is 3.43. The lowest BCUT2D eigenvalue weighted by atomic mass is 10.00. The van der Waals surface area contributed by atoms with Crippen LogP contribution in [0.2, 0.25) is 0 Å². The zero-order valence-corrected chi connectivity index (χ0v) is 12.2. The number of carbonyl (C=O) groups is 1. The first-order chi connectivity index (χ1) is 8.98. The lowest BCUT2D eigenvalue weighted by Crippen LogP contribution is -2.26. The highest BCUT2D eigenvalue weighted by molar-refractivity contribution is 5.80. The van der Waals surface area contributed by atoms with Crippen molar-refractivity contribution in [3.05, 3.63) is 29.3 Å². The number of aryl methyl sites for hydroxylation is 1. The molecule has 1 aromatic carbocycles. The third-order valence-corrected chi connectivity index (χ3v) is 4.02. The molecule has 1 saturated carbocycles. The second-order valence-electron chi connectivity index (χ2n) is 5.85. The average molecular weight is 261 g/mol. The second-order valence-corrected chi connectivity index (χ2v) is 5.85. The van der Waals surface area contributed by atoms with Crippen molar-refractivity contribution in [2.75, 3.05) is 19.0 Å². The number of methoxy groups -OCH3 is 1. The van der Waals surface area contributed by atoms with Crippen LogP contribution in [-0.4, -0.2) is 19.6 Å². The summed E-state index contributed by atoms with van der Waals surface area (Å²) in [6.45, 7) is 7.13. The lowest BCUT2D eigenvalue weighted by molar-refractivity contribution is -0.146. The van der Waals surface area contributed by atoms with Crippen LogP contribution in [-0.2, 0) is 9.53 Å². The summed E-state index contributed by atoms with van der Waals surface area (Å²) in [7, 11) is 1.47. The van der Waals surface area contributed by atoms with E-state index in [1.807, 2.05) is 0 Å². The minimum absolute atomic E-state index is 0.0855. The first-order valence-corrected chi connectivity index (χ1v) is 6.91. The van der Waals surface area contributed by atoms with E-state index in [2.05, 4.69) is 44.3 Å². The Morgan fingerprint density at radius 1 is 1.42 bits per heavy atom. The molecule has 1 aromatic rings. The molecule has 0 bridgehead atoms. The first kappa shape index (κ1) is 13.9. The van der Waals surface area contributed by atoms with E-state index in [0.717, 1.165) is 18.5 Å². The van der Waals surface area contributed by atoms with E-state index in [4.69, 9.17) is 4.74 Å². The molecule has 1 fully saturated rings. The summed E-state index contributed by atoms with van der Waals surface area (Å²) < 4.78 is 4.88. The molecule has 0 radical (unpaired) electrons. The summed E-state index contributed by atoms with van der Waals surface area (Å²) in [4.78, 5) is 11.7. The Balaban J connectivity index is 2.07. The Morgan fingerprint density at radius 3 is 2.63 bits per heavy atom. The molecule has 3 heteroatoms. The zero-order chi connectivity index (χ0) is 14.0. The Bertz CT molecular complexity index is 476. The van der Waals surface area contributed by atoms with Gasteiger partial charge in [0.2, 0.25) is 0 Å². The number of nitrogens with one attached hydrogen (secondary N) is 1. The maximum absolute atomic E-state index is 11.7. The maximum atomic E-state index is 11.7. The molecule has 19 heavy (non-hydrogen) atoms. The molecule has 1 aliphatic carbocycles. The zero-order valence-electron chi connectivity index (χ0n) is 12.2. The third kappa shape index (κ3) is 2.91. The van der Waals surface area contributed by atoms with Gasteiger partial charge in [0.15, 0.2) is 0 Å².